The Morgan fingerprint density at radius 3 is 2.88 bits per heavy atom. The fourth-order valence-electron chi connectivity index (χ4n) is 1.11. The SMILES string of the molecule is CCc1noc(C(C)Sc2nnnn2C)n1. The molecule has 2 rings (SSSR count). The van der Waals surface area contributed by atoms with Gasteiger partial charge < -0.3 is 4.52 Å². The third kappa shape index (κ3) is 2.21. The van der Waals surface area contributed by atoms with Gasteiger partial charge in [-0.3, -0.25) is 0 Å². The third-order valence-corrected chi connectivity index (χ3v) is 3.12. The van der Waals surface area contributed by atoms with Gasteiger partial charge in [0.2, 0.25) is 11.0 Å². The van der Waals surface area contributed by atoms with Crippen molar-refractivity contribution in [3.05, 3.63) is 11.7 Å². The van der Waals surface area contributed by atoms with Crippen molar-refractivity contribution in [2.75, 3.05) is 0 Å². The molecule has 0 aromatic carbocycles. The largest absolute Gasteiger partial charge is 0.338 e. The van der Waals surface area contributed by atoms with Crippen LogP contribution >= 0.6 is 11.8 Å². The maximum atomic E-state index is 5.15. The molecule has 0 saturated heterocycles. The Kier molecular flexibility index (Phi) is 3.18. The van der Waals surface area contributed by atoms with Crippen molar-refractivity contribution >= 4 is 11.8 Å². The molecule has 0 spiro atoms. The van der Waals surface area contributed by atoms with Gasteiger partial charge in [-0.25, -0.2) is 4.68 Å². The highest BCUT2D eigenvalue weighted by molar-refractivity contribution is 7.99. The van der Waals surface area contributed by atoms with Gasteiger partial charge in [0.15, 0.2) is 5.82 Å². The van der Waals surface area contributed by atoms with E-state index in [0.29, 0.717) is 5.89 Å². The summed E-state index contributed by atoms with van der Waals surface area (Å²) in [5.41, 5.74) is 0. The molecule has 7 nitrogen and oxygen atoms in total. The molecular weight excluding hydrogens is 228 g/mol. The zero-order chi connectivity index (χ0) is 11.5. The van der Waals surface area contributed by atoms with Crippen molar-refractivity contribution in [1.29, 1.82) is 0 Å². The van der Waals surface area contributed by atoms with Gasteiger partial charge >= 0.3 is 0 Å². The van der Waals surface area contributed by atoms with Crippen molar-refractivity contribution in [1.82, 2.24) is 30.3 Å². The number of aromatic nitrogens is 6. The van der Waals surface area contributed by atoms with Gasteiger partial charge in [-0.1, -0.05) is 23.8 Å². The fraction of sp³-hybridized carbons (Fsp3) is 0.625. The molecule has 2 aromatic heterocycles. The topological polar surface area (TPSA) is 82.5 Å². The lowest BCUT2D eigenvalue weighted by molar-refractivity contribution is 0.375. The average molecular weight is 240 g/mol. The van der Waals surface area contributed by atoms with E-state index >= 15 is 0 Å². The summed E-state index contributed by atoms with van der Waals surface area (Å²) in [6.07, 6.45) is 0.770. The van der Waals surface area contributed by atoms with Gasteiger partial charge in [-0.15, -0.1) is 5.10 Å². The van der Waals surface area contributed by atoms with Crippen LogP contribution in [0.2, 0.25) is 0 Å². The fourth-order valence-corrected chi connectivity index (χ4v) is 1.89. The van der Waals surface area contributed by atoms with Gasteiger partial charge in [0.05, 0.1) is 5.25 Å². The molecule has 0 bridgehead atoms. The van der Waals surface area contributed by atoms with Crippen LogP contribution in [0.5, 0.6) is 0 Å². The molecule has 86 valence electrons. The molecule has 0 fully saturated rings. The lowest BCUT2D eigenvalue weighted by Gasteiger charge is -2.03. The Bertz CT molecular complexity index is 467. The summed E-state index contributed by atoms with van der Waals surface area (Å²) >= 11 is 1.48. The minimum absolute atomic E-state index is 0.0394. The number of aryl methyl sites for hydroxylation is 2. The number of hydrogen-bond donors (Lipinski definition) is 0. The second kappa shape index (κ2) is 4.60. The minimum Gasteiger partial charge on any atom is -0.338 e. The second-order valence-electron chi connectivity index (χ2n) is 3.25. The van der Waals surface area contributed by atoms with Crippen LogP contribution in [0, 0.1) is 0 Å². The lowest BCUT2D eigenvalue weighted by atomic mass is 10.4. The standard InChI is InChI=1S/C8H12N6OS/c1-4-6-9-7(15-11-6)5(2)16-8-10-12-13-14(8)3/h5H,4H2,1-3H3. The average Bonchev–Trinajstić information content (AvgIpc) is 2.88. The summed E-state index contributed by atoms with van der Waals surface area (Å²) in [5.74, 6) is 1.32. The number of hydrogen-bond acceptors (Lipinski definition) is 7. The van der Waals surface area contributed by atoms with Crippen molar-refractivity contribution < 1.29 is 4.52 Å². The summed E-state index contributed by atoms with van der Waals surface area (Å²) in [6.45, 7) is 3.96. The molecule has 0 aliphatic heterocycles. The maximum absolute atomic E-state index is 5.15. The van der Waals surface area contributed by atoms with E-state index in [0.717, 1.165) is 17.4 Å². The quantitative estimate of drug-likeness (QED) is 0.737. The zero-order valence-electron chi connectivity index (χ0n) is 9.28. The third-order valence-electron chi connectivity index (χ3n) is 2.01. The summed E-state index contributed by atoms with van der Waals surface area (Å²) in [7, 11) is 1.79. The molecule has 2 heterocycles. The number of rotatable bonds is 4. The van der Waals surface area contributed by atoms with E-state index < -0.39 is 0 Å². The van der Waals surface area contributed by atoms with Gasteiger partial charge in [-0.05, 0) is 17.4 Å². The lowest BCUT2D eigenvalue weighted by Crippen LogP contribution is -1.96. The predicted octanol–water partition coefficient (Wildman–Crippen LogP) is 1.01. The van der Waals surface area contributed by atoms with Crippen molar-refractivity contribution in [2.45, 2.75) is 30.7 Å². The van der Waals surface area contributed by atoms with Crippen LogP contribution < -0.4 is 0 Å². The Morgan fingerprint density at radius 2 is 2.31 bits per heavy atom. The van der Waals surface area contributed by atoms with E-state index in [1.807, 2.05) is 13.8 Å². The highest BCUT2D eigenvalue weighted by Crippen LogP contribution is 2.31. The summed E-state index contributed by atoms with van der Waals surface area (Å²) in [6, 6.07) is 0. The first kappa shape index (κ1) is 11.1. The van der Waals surface area contributed by atoms with Crippen LogP contribution in [0.3, 0.4) is 0 Å². The molecule has 0 radical (unpaired) electrons. The maximum Gasteiger partial charge on any atom is 0.239 e. The van der Waals surface area contributed by atoms with Crippen LogP contribution in [0.4, 0.5) is 0 Å². The predicted molar refractivity (Wildman–Crippen MR) is 56.7 cm³/mol. The van der Waals surface area contributed by atoms with Crippen LogP contribution in [-0.2, 0) is 13.5 Å². The first-order valence-electron chi connectivity index (χ1n) is 4.92. The Morgan fingerprint density at radius 1 is 1.50 bits per heavy atom. The molecule has 2 aromatic rings. The first-order valence-corrected chi connectivity index (χ1v) is 5.80. The summed E-state index contributed by atoms with van der Waals surface area (Å²) in [4.78, 5) is 4.26. The molecule has 0 aliphatic carbocycles. The molecular formula is C8H12N6OS. The van der Waals surface area contributed by atoms with E-state index in [1.54, 1.807) is 11.7 Å². The molecule has 0 amide bonds. The molecule has 0 aliphatic rings. The molecule has 1 atom stereocenters. The highest BCUT2D eigenvalue weighted by atomic mass is 32.2. The van der Waals surface area contributed by atoms with E-state index in [4.69, 9.17) is 4.52 Å². The molecule has 0 saturated carbocycles. The van der Waals surface area contributed by atoms with Gasteiger partial charge in [0.1, 0.15) is 0 Å². The van der Waals surface area contributed by atoms with Gasteiger partial charge in [0, 0.05) is 13.5 Å². The van der Waals surface area contributed by atoms with Crippen molar-refractivity contribution in [3.63, 3.8) is 0 Å². The van der Waals surface area contributed by atoms with Crippen molar-refractivity contribution in [3.8, 4) is 0 Å². The van der Waals surface area contributed by atoms with Crippen LogP contribution in [0.25, 0.3) is 0 Å². The van der Waals surface area contributed by atoms with Crippen molar-refractivity contribution in [2.24, 2.45) is 7.05 Å². The first-order chi connectivity index (χ1) is 7.70. The molecule has 8 heteroatoms. The number of tetrazole rings is 1. The van der Waals surface area contributed by atoms with E-state index in [2.05, 4.69) is 25.7 Å². The molecule has 16 heavy (non-hydrogen) atoms. The van der Waals surface area contributed by atoms with Crippen LogP contribution in [0.1, 0.15) is 30.8 Å². The number of nitrogens with zero attached hydrogens (tertiary/aromatic N) is 6. The minimum atomic E-state index is 0.0394. The molecule has 1 unspecified atom stereocenters. The Hall–Kier alpha value is -1.44. The Balaban J connectivity index is 2.08. The van der Waals surface area contributed by atoms with Crippen LogP contribution in [-0.4, -0.2) is 30.3 Å². The normalized spacial score (nSPS) is 12.9. The van der Waals surface area contributed by atoms with E-state index in [9.17, 15) is 0 Å². The summed E-state index contributed by atoms with van der Waals surface area (Å²) in [5, 5.41) is 15.8. The van der Waals surface area contributed by atoms with E-state index in [1.165, 1.54) is 11.8 Å². The van der Waals surface area contributed by atoms with Gasteiger partial charge in [0.25, 0.3) is 0 Å². The monoisotopic (exact) mass is 240 g/mol. The molecule has 0 N–H and O–H groups in total. The van der Waals surface area contributed by atoms with E-state index in [-0.39, 0.29) is 5.25 Å². The highest BCUT2D eigenvalue weighted by Gasteiger charge is 2.17. The van der Waals surface area contributed by atoms with Crippen LogP contribution in [0.15, 0.2) is 9.68 Å². The van der Waals surface area contributed by atoms with Gasteiger partial charge in [-0.2, -0.15) is 4.98 Å². The number of thioether (sulfide) groups is 1. The Labute approximate surface area is 96.6 Å². The summed E-state index contributed by atoms with van der Waals surface area (Å²) < 4.78 is 6.76. The second-order valence-corrected chi connectivity index (χ2v) is 4.56. The zero-order valence-corrected chi connectivity index (χ0v) is 10.1. The smallest absolute Gasteiger partial charge is 0.239 e.